The first-order chi connectivity index (χ1) is 14.9. The molecule has 1 aliphatic rings. The lowest BCUT2D eigenvalue weighted by molar-refractivity contribution is -0.0596. The summed E-state index contributed by atoms with van der Waals surface area (Å²) in [5.74, 6) is 0.0890. The molecule has 168 valence electrons. The van der Waals surface area contributed by atoms with E-state index < -0.39 is 17.5 Å². The smallest absolute Gasteiger partial charge is 0.407 e. The number of carboxylic acid groups (broad SMARTS) is 1. The number of unbranched alkanes of at least 4 members (excludes halogenated alkanes) is 1. The molecule has 0 bridgehead atoms. The third kappa shape index (κ3) is 5.74. The molecule has 2 aromatic carbocycles. The molecule has 1 amide bonds. The second kappa shape index (κ2) is 10.6. The molecule has 3 rings (SSSR count). The largest absolute Gasteiger partial charge is 0.465 e. The van der Waals surface area contributed by atoms with Gasteiger partial charge in [0, 0.05) is 44.4 Å². The van der Waals surface area contributed by atoms with Crippen LogP contribution in [0.1, 0.15) is 37.7 Å². The van der Waals surface area contributed by atoms with E-state index in [0.717, 1.165) is 6.42 Å². The minimum absolute atomic E-state index is 0.254. The van der Waals surface area contributed by atoms with Crippen LogP contribution in [-0.4, -0.2) is 48.0 Å². The van der Waals surface area contributed by atoms with Crippen molar-refractivity contribution in [3.63, 3.8) is 0 Å². The van der Waals surface area contributed by atoms with E-state index in [9.17, 15) is 19.4 Å². The summed E-state index contributed by atoms with van der Waals surface area (Å²) in [6.07, 6.45) is 2.35. The zero-order chi connectivity index (χ0) is 22.3. The van der Waals surface area contributed by atoms with Gasteiger partial charge in [0.05, 0.1) is 5.60 Å². The number of methoxy groups -OCH3 is 1. The molecule has 1 heterocycles. The van der Waals surface area contributed by atoms with E-state index >= 15 is 0 Å². The maximum Gasteiger partial charge on any atom is 0.407 e. The summed E-state index contributed by atoms with van der Waals surface area (Å²) in [6, 6.07) is 13.0. The third-order valence-electron chi connectivity index (χ3n) is 5.90. The SMILES string of the molecule is COCCCCC(O)(c1ccccc1Oc1cccc(F)c1)C1CCCN(C(=O)O)C1. The van der Waals surface area contributed by atoms with Gasteiger partial charge in [0.25, 0.3) is 0 Å². The lowest BCUT2D eigenvalue weighted by Crippen LogP contribution is -2.48. The van der Waals surface area contributed by atoms with Crippen LogP contribution in [-0.2, 0) is 10.3 Å². The van der Waals surface area contributed by atoms with Gasteiger partial charge in [0.2, 0.25) is 0 Å². The number of hydrogen-bond acceptors (Lipinski definition) is 4. The quantitative estimate of drug-likeness (QED) is 0.546. The molecule has 0 spiro atoms. The molecule has 2 unspecified atom stereocenters. The highest BCUT2D eigenvalue weighted by Gasteiger charge is 2.42. The Hall–Kier alpha value is -2.64. The molecular formula is C24H30FNO5. The number of halogens is 1. The third-order valence-corrected chi connectivity index (χ3v) is 5.90. The highest BCUT2D eigenvalue weighted by atomic mass is 19.1. The molecular weight excluding hydrogens is 401 g/mol. The van der Waals surface area contributed by atoms with Crippen LogP contribution in [0.4, 0.5) is 9.18 Å². The first kappa shape index (κ1) is 23.0. The molecule has 1 fully saturated rings. The molecule has 0 aliphatic carbocycles. The molecule has 1 aliphatic heterocycles. The average Bonchev–Trinajstić information content (AvgIpc) is 2.77. The van der Waals surface area contributed by atoms with Crippen molar-refractivity contribution in [2.45, 2.75) is 37.7 Å². The Balaban J connectivity index is 1.94. The number of amides is 1. The fourth-order valence-electron chi connectivity index (χ4n) is 4.31. The summed E-state index contributed by atoms with van der Waals surface area (Å²) < 4.78 is 24.8. The normalized spacial score (nSPS) is 18.4. The van der Waals surface area contributed by atoms with Gasteiger partial charge >= 0.3 is 6.09 Å². The molecule has 1 saturated heterocycles. The summed E-state index contributed by atoms with van der Waals surface area (Å²) in [5.41, 5.74) is -0.694. The van der Waals surface area contributed by atoms with Crippen molar-refractivity contribution in [2.75, 3.05) is 26.8 Å². The molecule has 2 aromatic rings. The van der Waals surface area contributed by atoms with Crippen molar-refractivity contribution in [1.29, 1.82) is 0 Å². The number of aliphatic hydroxyl groups is 1. The van der Waals surface area contributed by atoms with Gasteiger partial charge in [-0.25, -0.2) is 9.18 Å². The number of para-hydroxylation sites is 1. The average molecular weight is 432 g/mol. The van der Waals surface area contributed by atoms with Gasteiger partial charge in [-0.3, -0.25) is 0 Å². The molecule has 0 saturated carbocycles. The number of ether oxygens (including phenoxy) is 2. The fraction of sp³-hybridized carbons (Fsp3) is 0.458. The van der Waals surface area contributed by atoms with Crippen molar-refractivity contribution < 1.29 is 28.9 Å². The van der Waals surface area contributed by atoms with Crippen molar-refractivity contribution in [2.24, 2.45) is 5.92 Å². The summed E-state index contributed by atoms with van der Waals surface area (Å²) in [6.45, 7) is 1.31. The van der Waals surface area contributed by atoms with Crippen LogP contribution in [0, 0.1) is 11.7 Å². The van der Waals surface area contributed by atoms with Gasteiger partial charge in [0.1, 0.15) is 17.3 Å². The van der Waals surface area contributed by atoms with Crippen LogP contribution < -0.4 is 4.74 Å². The Bertz CT molecular complexity index is 877. The van der Waals surface area contributed by atoms with Crippen LogP contribution in [0.2, 0.25) is 0 Å². The van der Waals surface area contributed by atoms with E-state index in [2.05, 4.69) is 0 Å². The lowest BCUT2D eigenvalue weighted by atomic mass is 9.73. The number of likely N-dealkylation sites (tertiary alicyclic amines) is 1. The fourth-order valence-corrected chi connectivity index (χ4v) is 4.31. The number of hydrogen-bond donors (Lipinski definition) is 2. The molecule has 7 heteroatoms. The summed E-state index contributed by atoms with van der Waals surface area (Å²) in [4.78, 5) is 12.9. The van der Waals surface area contributed by atoms with Crippen molar-refractivity contribution in [3.8, 4) is 11.5 Å². The number of piperidine rings is 1. The predicted molar refractivity (Wildman–Crippen MR) is 115 cm³/mol. The number of carbonyl (C=O) groups is 1. The molecule has 2 N–H and O–H groups in total. The topological polar surface area (TPSA) is 79.2 Å². The van der Waals surface area contributed by atoms with E-state index in [4.69, 9.17) is 9.47 Å². The second-order valence-corrected chi connectivity index (χ2v) is 8.00. The molecule has 31 heavy (non-hydrogen) atoms. The zero-order valence-electron chi connectivity index (χ0n) is 17.8. The first-order valence-corrected chi connectivity index (χ1v) is 10.7. The van der Waals surface area contributed by atoms with E-state index in [-0.39, 0.29) is 12.5 Å². The van der Waals surface area contributed by atoms with E-state index in [1.165, 1.54) is 17.0 Å². The molecule has 0 aromatic heterocycles. The summed E-state index contributed by atoms with van der Waals surface area (Å²) in [7, 11) is 1.64. The molecule has 2 atom stereocenters. The Morgan fingerprint density at radius 2 is 2.03 bits per heavy atom. The summed E-state index contributed by atoms with van der Waals surface area (Å²) in [5, 5.41) is 21.5. The van der Waals surface area contributed by atoms with Crippen molar-refractivity contribution in [1.82, 2.24) is 4.90 Å². The number of rotatable bonds is 9. The number of nitrogens with zero attached hydrogens (tertiary/aromatic N) is 1. The van der Waals surface area contributed by atoms with Gasteiger partial charge < -0.3 is 24.6 Å². The first-order valence-electron chi connectivity index (χ1n) is 10.7. The van der Waals surface area contributed by atoms with Crippen molar-refractivity contribution in [3.05, 3.63) is 59.9 Å². The van der Waals surface area contributed by atoms with E-state index in [1.807, 2.05) is 12.1 Å². The molecule has 6 nitrogen and oxygen atoms in total. The Kier molecular flexibility index (Phi) is 7.87. The van der Waals surface area contributed by atoms with Gasteiger partial charge in [-0.05, 0) is 50.3 Å². The van der Waals surface area contributed by atoms with Crippen molar-refractivity contribution >= 4 is 6.09 Å². The van der Waals surface area contributed by atoms with Gasteiger partial charge in [-0.1, -0.05) is 24.3 Å². The molecule has 0 radical (unpaired) electrons. The van der Waals surface area contributed by atoms with E-state index in [1.54, 1.807) is 31.4 Å². The Morgan fingerprint density at radius 3 is 2.77 bits per heavy atom. The van der Waals surface area contributed by atoms with Gasteiger partial charge in [-0.2, -0.15) is 0 Å². The zero-order valence-corrected chi connectivity index (χ0v) is 17.8. The monoisotopic (exact) mass is 431 g/mol. The standard InChI is InChI=1S/C24H30FNO5/c1-30-15-5-4-13-24(29,18-8-7-14-26(17-18)23(27)28)21-11-2-3-12-22(21)31-20-10-6-9-19(25)16-20/h2-3,6,9-12,16,18,29H,4-5,7-8,13-15,17H2,1H3,(H,27,28). The Morgan fingerprint density at radius 1 is 1.23 bits per heavy atom. The maximum atomic E-state index is 13.7. The van der Waals surface area contributed by atoms with Crippen LogP contribution in [0.15, 0.2) is 48.5 Å². The Labute approximate surface area is 182 Å². The van der Waals surface area contributed by atoms with Crippen LogP contribution in [0.25, 0.3) is 0 Å². The minimum atomic E-state index is -1.29. The predicted octanol–water partition coefficient (Wildman–Crippen LogP) is 5.01. The minimum Gasteiger partial charge on any atom is -0.465 e. The van der Waals surface area contributed by atoms with Crippen LogP contribution in [0.5, 0.6) is 11.5 Å². The summed E-state index contributed by atoms with van der Waals surface area (Å²) >= 11 is 0. The highest BCUT2D eigenvalue weighted by Crippen LogP contribution is 2.44. The lowest BCUT2D eigenvalue weighted by Gasteiger charge is -2.42. The number of benzene rings is 2. The second-order valence-electron chi connectivity index (χ2n) is 8.00. The highest BCUT2D eigenvalue weighted by molar-refractivity contribution is 5.65. The van der Waals surface area contributed by atoms with Gasteiger partial charge in [0.15, 0.2) is 0 Å². The van der Waals surface area contributed by atoms with E-state index in [0.29, 0.717) is 55.9 Å². The maximum absolute atomic E-state index is 13.7. The van der Waals surface area contributed by atoms with Crippen LogP contribution in [0.3, 0.4) is 0 Å². The van der Waals surface area contributed by atoms with Crippen LogP contribution >= 0.6 is 0 Å². The van der Waals surface area contributed by atoms with Gasteiger partial charge in [-0.15, -0.1) is 0 Å².